The highest BCUT2D eigenvalue weighted by Crippen LogP contribution is 2.33. The van der Waals surface area contributed by atoms with Crippen LogP contribution in [0.2, 0.25) is 15.1 Å². The first-order valence-electron chi connectivity index (χ1n) is 4.78. The molecule has 0 saturated heterocycles. The summed E-state index contributed by atoms with van der Waals surface area (Å²) in [5, 5.41) is 3.50. The third-order valence-corrected chi connectivity index (χ3v) is 2.82. The van der Waals surface area contributed by atoms with Gasteiger partial charge in [-0.25, -0.2) is 0 Å². The van der Waals surface area contributed by atoms with Gasteiger partial charge in [-0.05, 0) is 6.07 Å². The smallest absolute Gasteiger partial charge is 0.257 e. The van der Waals surface area contributed by atoms with E-state index >= 15 is 0 Å². The summed E-state index contributed by atoms with van der Waals surface area (Å²) < 4.78 is 5.20. The minimum Gasteiger partial charge on any atom is -0.482 e. The van der Waals surface area contributed by atoms with Gasteiger partial charge in [0.05, 0.1) is 15.1 Å². The normalized spacial score (nSPS) is 10.1. The molecule has 1 aromatic carbocycles. The van der Waals surface area contributed by atoms with Gasteiger partial charge >= 0.3 is 0 Å². The maximum absolute atomic E-state index is 11.2. The Morgan fingerprint density at radius 1 is 1.24 bits per heavy atom. The maximum Gasteiger partial charge on any atom is 0.257 e. The molecule has 0 unspecified atom stereocenters. The van der Waals surface area contributed by atoms with Gasteiger partial charge < -0.3 is 15.8 Å². The summed E-state index contributed by atoms with van der Waals surface area (Å²) in [6.07, 6.45) is 0. The summed E-state index contributed by atoms with van der Waals surface area (Å²) in [7, 11) is 0. The minimum absolute atomic E-state index is 0.155. The van der Waals surface area contributed by atoms with Crippen LogP contribution in [0.15, 0.2) is 12.1 Å². The van der Waals surface area contributed by atoms with Crippen LogP contribution in [0.25, 0.3) is 0 Å². The molecule has 17 heavy (non-hydrogen) atoms. The van der Waals surface area contributed by atoms with E-state index in [9.17, 15) is 4.79 Å². The number of carbonyl (C=O) groups excluding carboxylic acids is 1. The van der Waals surface area contributed by atoms with Crippen LogP contribution >= 0.6 is 34.8 Å². The molecule has 0 spiro atoms. The predicted molar refractivity (Wildman–Crippen MR) is 69.0 cm³/mol. The summed E-state index contributed by atoms with van der Waals surface area (Å²) in [5.41, 5.74) is 5.24. The van der Waals surface area contributed by atoms with Crippen molar-refractivity contribution in [1.82, 2.24) is 5.32 Å². The molecule has 0 atom stereocenters. The molecule has 7 heteroatoms. The lowest BCUT2D eigenvalue weighted by atomic mass is 10.3. The van der Waals surface area contributed by atoms with E-state index in [0.717, 1.165) is 0 Å². The van der Waals surface area contributed by atoms with E-state index < -0.39 is 0 Å². The van der Waals surface area contributed by atoms with Crippen molar-refractivity contribution >= 4 is 40.7 Å². The molecule has 94 valence electrons. The topological polar surface area (TPSA) is 64.3 Å². The third kappa shape index (κ3) is 4.60. The van der Waals surface area contributed by atoms with Crippen molar-refractivity contribution in [2.45, 2.75) is 0 Å². The van der Waals surface area contributed by atoms with Crippen LogP contribution in [0.5, 0.6) is 5.75 Å². The molecule has 0 bridgehead atoms. The zero-order valence-electron chi connectivity index (χ0n) is 8.80. The van der Waals surface area contributed by atoms with Crippen LogP contribution in [0.1, 0.15) is 0 Å². The van der Waals surface area contributed by atoms with E-state index in [2.05, 4.69) is 5.32 Å². The SMILES string of the molecule is NCCNC(=O)COc1cc(Cl)c(Cl)cc1Cl. The zero-order valence-corrected chi connectivity index (χ0v) is 11.1. The molecule has 0 fully saturated rings. The van der Waals surface area contributed by atoms with Gasteiger partial charge in [0.15, 0.2) is 6.61 Å². The highest BCUT2D eigenvalue weighted by molar-refractivity contribution is 6.43. The largest absolute Gasteiger partial charge is 0.482 e. The van der Waals surface area contributed by atoms with Crippen molar-refractivity contribution < 1.29 is 9.53 Å². The number of nitrogens with one attached hydrogen (secondary N) is 1. The second kappa shape index (κ2) is 6.91. The first-order chi connectivity index (χ1) is 8.04. The van der Waals surface area contributed by atoms with E-state index in [1.54, 1.807) is 0 Å². The summed E-state index contributed by atoms with van der Waals surface area (Å²) in [4.78, 5) is 11.2. The lowest BCUT2D eigenvalue weighted by molar-refractivity contribution is -0.123. The molecule has 3 N–H and O–H groups in total. The van der Waals surface area contributed by atoms with Crippen molar-refractivity contribution in [1.29, 1.82) is 0 Å². The molecule has 0 aliphatic carbocycles. The number of rotatable bonds is 5. The second-order valence-electron chi connectivity index (χ2n) is 3.12. The number of carbonyl (C=O) groups is 1. The molecule has 1 aromatic rings. The minimum atomic E-state index is -0.280. The van der Waals surface area contributed by atoms with Crippen molar-refractivity contribution in [2.24, 2.45) is 5.73 Å². The molecule has 0 aromatic heterocycles. The van der Waals surface area contributed by atoms with Crippen LogP contribution in [0.4, 0.5) is 0 Å². The number of benzene rings is 1. The Hall–Kier alpha value is -0.680. The van der Waals surface area contributed by atoms with Crippen molar-refractivity contribution in [3.63, 3.8) is 0 Å². The molecule has 0 aliphatic rings. The molecule has 0 aliphatic heterocycles. The molecule has 1 rings (SSSR count). The van der Waals surface area contributed by atoms with Gasteiger partial charge in [-0.15, -0.1) is 0 Å². The van der Waals surface area contributed by atoms with Gasteiger partial charge in [0.25, 0.3) is 5.91 Å². The van der Waals surface area contributed by atoms with Crippen LogP contribution < -0.4 is 15.8 Å². The zero-order chi connectivity index (χ0) is 12.8. The fraction of sp³-hybridized carbons (Fsp3) is 0.300. The monoisotopic (exact) mass is 296 g/mol. The fourth-order valence-corrected chi connectivity index (χ4v) is 1.61. The van der Waals surface area contributed by atoms with Crippen molar-refractivity contribution in [3.05, 3.63) is 27.2 Å². The Bertz CT molecular complexity index is 413. The average Bonchev–Trinajstić information content (AvgIpc) is 2.29. The second-order valence-corrected chi connectivity index (χ2v) is 4.35. The molecule has 0 heterocycles. The Balaban J connectivity index is 2.57. The van der Waals surface area contributed by atoms with Crippen LogP contribution in [-0.4, -0.2) is 25.6 Å². The van der Waals surface area contributed by atoms with Gasteiger partial charge in [-0.2, -0.15) is 0 Å². The lowest BCUT2D eigenvalue weighted by Crippen LogP contribution is -2.32. The van der Waals surface area contributed by atoms with E-state index in [1.165, 1.54) is 12.1 Å². The number of ether oxygens (including phenoxy) is 1. The highest BCUT2D eigenvalue weighted by atomic mass is 35.5. The van der Waals surface area contributed by atoms with Gasteiger partial charge in [0.2, 0.25) is 0 Å². The highest BCUT2D eigenvalue weighted by Gasteiger charge is 2.09. The molecular formula is C10H11Cl3N2O2. The summed E-state index contributed by atoms with van der Waals surface area (Å²) in [6.45, 7) is 0.619. The van der Waals surface area contributed by atoms with Gasteiger partial charge in [0.1, 0.15) is 5.75 Å². The molecule has 1 amide bonds. The van der Waals surface area contributed by atoms with E-state index in [4.69, 9.17) is 45.3 Å². The average molecular weight is 298 g/mol. The number of amides is 1. The van der Waals surface area contributed by atoms with Crippen LogP contribution in [0, 0.1) is 0 Å². The van der Waals surface area contributed by atoms with E-state index in [-0.39, 0.29) is 12.5 Å². The first-order valence-corrected chi connectivity index (χ1v) is 5.92. The molecular weight excluding hydrogens is 286 g/mol. The summed E-state index contributed by atoms with van der Waals surface area (Å²) in [6, 6.07) is 2.92. The molecule has 4 nitrogen and oxygen atoms in total. The van der Waals surface area contributed by atoms with E-state index in [1.807, 2.05) is 0 Å². The first kappa shape index (κ1) is 14.4. The van der Waals surface area contributed by atoms with E-state index in [0.29, 0.717) is 33.9 Å². The van der Waals surface area contributed by atoms with Gasteiger partial charge in [-0.1, -0.05) is 34.8 Å². The Kier molecular flexibility index (Phi) is 5.85. The number of hydrogen-bond acceptors (Lipinski definition) is 3. The third-order valence-electron chi connectivity index (χ3n) is 1.80. The number of nitrogens with two attached hydrogens (primary N) is 1. The Morgan fingerprint density at radius 2 is 1.88 bits per heavy atom. The lowest BCUT2D eigenvalue weighted by Gasteiger charge is -2.09. The standard InChI is InChI=1S/C10H11Cl3N2O2/c11-6-3-8(13)9(4-7(6)12)17-5-10(16)15-2-1-14/h3-4H,1-2,5,14H2,(H,15,16). The Labute approximate surface area is 114 Å². The quantitative estimate of drug-likeness (QED) is 0.818. The van der Waals surface area contributed by atoms with Crippen LogP contribution in [-0.2, 0) is 4.79 Å². The fourth-order valence-electron chi connectivity index (χ4n) is 1.02. The van der Waals surface area contributed by atoms with Crippen molar-refractivity contribution in [2.75, 3.05) is 19.7 Å². The molecule has 0 radical (unpaired) electrons. The maximum atomic E-state index is 11.2. The summed E-state index contributed by atoms with van der Waals surface area (Å²) in [5.74, 6) is 0.0292. The Morgan fingerprint density at radius 3 is 2.53 bits per heavy atom. The summed E-state index contributed by atoms with van der Waals surface area (Å²) >= 11 is 17.4. The van der Waals surface area contributed by atoms with Gasteiger partial charge in [-0.3, -0.25) is 4.79 Å². The predicted octanol–water partition coefficient (Wildman–Crippen LogP) is 2.10. The van der Waals surface area contributed by atoms with Crippen molar-refractivity contribution in [3.8, 4) is 5.75 Å². The molecule has 0 saturated carbocycles. The van der Waals surface area contributed by atoms with Gasteiger partial charge in [0, 0.05) is 19.2 Å². The number of halogens is 3. The number of hydrogen-bond donors (Lipinski definition) is 2. The van der Waals surface area contributed by atoms with Crippen LogP contribution in [0.3, 0.4) is 0 Å².